The largest absolute Gasteiger partial charge is 0.397 e. The van der Waals surface area contributed by atoms with E-state index < -0.39 is 0 Å². The Bertz CT molecular complexity index is 516. The van der Waals surface area contributed by atoms with Crippen molar-refractivity contribution in [3.63, 3.8) is 0 Å². The van der Waals surface area contributed by atoms with E-state index in [0.29, 0.717) is 24.5 Å². The third-order valence-corrected chi connectivity index (χ3v) is 4.00. The Morgan fingerprint density at radius 1 is 1.38 bits per heavy atom. The maximum Gasteiger partial charge on any atom is 0.270 e. The van der Waals surface area contributed by atoms with Crippen molar-refractivity contribution in [1.29, 1.82) is 0 Å². The first-order valence-electron chi connectivity index (χ1n) is 7.53. The van der Waals surface area contributed by atoms with Gasteiger partial charge in [0.05, 0.1) is 5.69 Å². The number of nitrogens with two attached hydrogens (primary N) is 1. The van der Waals surface area contributed by atoms with E-state index >= 15 is 0 Å². The molecule has 3 N–H and O–H groups in total. The van der Waals surface area contributed by atoms with Gasteiger partial charge in [-0.05, 0) is 25.3 Å². The van der Waals surface area contributed by atoms with Crippen molar-refractivity contribution in [3.05, 3.63) is 18.0 Å². The molecule has 6 heteroatoms. The molecular formula is C15H24N4O2. The summed E-state index contributed by atoms with van der Waals surface area (Å²) in [6, 6.07) is 1.74. The zero-order valence-electron chi connectivity index (χ0n) is 12.8. The van der Waals surface area contributed by atoms with Gasteiger partial charge in [-0.15, -0.1) is 0 Å². The second-order valence-corrected chi connectivity index (χ2v) is 5.53. The van der Waals surface area contributed by atoms with Gasteiger partial charge in [0.1, 0.15) is 5.69 Å². The molecule has 0 spiro atoms. The molecule has 0 aromatic carbocycles. The number of nitrogens with one attached hydrogen (secondary N) is 1. The van der Waals surface area contributed by atoms with Gasteiger partial charge in [-0.1, -0.05) is 6.92 Å². The number of amides is 2. The Labute approximate surface area is 125 Å². The highest BCUT2D eigenvalue weighted by molar-refractivity contribution is 5.94. The first kappa shape index (κ1) is 15.4. The Hall–Kier alpha value is -1.98. The van der Waals surface area contributed by atoms with E-state index in [1.54, 1.807) is 13.1 Å². The van der Waals surface area contributed by atoms with Gasteiger partial charge in [-0.3, -0.25) is 9.59 Å². The summed E-state index contributed by atoms with van der Waals surface area (Å²) in [6.07, 6.45) is 4.20. The number of rotatable bonds is 4. The molecule has 1 aliphatic heterocycles. The van der Waals surface area contributed by atoms with Gasteiger partial charge in [0.2, 0.25) is 5.91 Å². The van der Waals surface area contributed by atoms with Crippen LogP contribution in [-0.2, 0) is 11.3 Å². The molecule has 1 saturated heterocycles. The number of carbonyl (C=O) groups is 2. The third kappa shape index (κ3) is 3.37. The van der Waals surface area contributed by atoms with Crippen LogP contribution in [0.2, 0.25) is 0 Å². The molecule has 2 amide bonds. The number of anilines is 1. The molecular weight excluding hydrogens is 268 g/mol. The molecule has 1 aliphatic rings. The lowest BCUT2D eigenvalue weighted by atomic mass is 9.96. The van der Waals surface area contributed by atoms with Crippen LogP contribution in [0.5, 0.6) is 0 Å². The third-order valence-electron chi connectivity index (χ3n) is 4.00. The molecule has 0 radical (unpaired) electrons. The fourth-order valence-electron chi connectivity index (χ4n) is 2.85. The Morgan fingerprint density at radius 2 is 2.05 bits per heavy atom. The van der Waals surface area contributed by atoms with Crippen LogP contribution in [0.4, 0.5) is 5.69 Å². The molecule has 0 saturated carbocycles. The highest BCUT2D eigenvalue weighted by atomic mass is 16.2. The predicted octanol–water partition coefficient (Wildman–Crippen LogP) is 1.08. The number of carbonyl (C=O) groups excluding carboxylic acids is 2. The van der Waals surface area contributed by atoms with Crippen LogP contribution in [0.15, 0.2) is 12.3 Å². The predicted molar refractivity (Wildman–Crippen MR) is 81.8 cm³/mol. The van der Waals surface area contributed by atoms with Crippen molar-refractivity contribution in [1.82, 2.24) is 14.8 Å². The quantitative estimate of drug-likeness (QED) is 0.871. The van der Waals surface area contributed by atoms with Gasteiger partial charge < -0.3 is 20.5 Å². The number of aromatic nitrogens is 1. The number of nitrogen functional groups attached to an aromatic ring is 1. The summed E-state index contributed by atoms with van der Waals surface area (Å²) in [6.45, 7) is 4.09. The average molecular weight is 292 g/mol. The molecule has 0 unspecified atom stereocenters. The minimum Gasteiger partial charge on any atom is -0.397 e. The van der Waals surface area contributed by atoms with E-state index in [1.807, 2.05) is 15.7 Å². The molecule has 6 nitrogen and oxygen atoms in total. The van der Waals surface area contributed by atoms with E-state index in [2.05, 4.69) is 12.2 Å². The van der Waals surface area contributed by atoms with E-state index in [9.17, 15) is 9.59 Å². The molecule has 2 heterocycles. The number of aryl methyl sites for hydroxylation is 1. The number of likely N-dealkylation sites (tertiary alicyclic amines) is 1. The van der Waals surface area contributed by atoms with Crippen LogP contribution < -0.4 is 11.1 Å². The fourth-order valence-corrected chi connectivity index (χ4v) is 2.85. The Morgan fingerprint density at radius 3 is 2.62 bits per heavy atom. The minimum absolute atomic E-state index is 0.00973. The highest BCUT2D eigenvalue weighted by Crippen LogP contribution is 2.21. The number of hydrogen-bond acceptors (Lipinski definition) is 3. The van der Waals surface area contributed by atoms with Crippen molar-refractivity contribution in [3.8, 4) is 0 Å². The topological polar surface area (TPSA) is 80.4 Å². The van der Waals surface area contributed by atoms with Gasteiger partial charge in [-0.2, -0.15) is 0 Å². The lowest BCUT2D eigenvalue weighted by molar-refractivity contribution is -0.125. The van der Waals surface area contributed by atoms with Crippen LogP contribution in [-0.4, -0.2) is 41.4 Å². The average Bonchev–Trinajstić information content (AvgIpc) is 2.87. The van der Waals surface area contributed by atoms with Crippen LogP contribution in [0.25, 0.3) is 0 Å². The summed E-state index contributed by atoms with van der Waals surface area (Å²) < 4.78 is 1.92. The molecule has 1 aromatic rings. The Kier molecular flexibility index (Phi) is 4.88. The lowest BCUT2D eigenvalue weighted by Crippen LogP contribution is -2.42. The highest BCUT2D eigenvalue weighted by Gasteiger charge is 2.28. The zero-order valence-corrected chi connectivity index (χ0v) is 12.8. The minimum atomic E-state index is 0.00973. The number of hydrogen-bond donors (Lipinski definition) is 2. The van der Waals surface area contributed by atoms with Crippen LogP contribution in [0.3, 0.4) is 0 Å². The van der Waals surface area contributed by atoms with Crippen molar-refractivity contribution in [2.45, 2.75) is 32.7 Å². The van der Waals surface area contributed by atoms with Gasteiger partial charge in [0.15, 0.2) is 0 Å². The second-order valence-electron chi connectivity index (χ2n) is 5.53. The summed E-state index contributed by atoms with van der Waals surface area (Å²) >= 11 is 0. The summed E-state index contributed by atoms with van der Waals surface area (Å²) in [5, 5.41) is 2.68. The van der Waals surface area contributed by atoms with E-state index in [0.717, 1.165) is 25.8 Å². The monoisotopic (exact) mass is 292 g/mol. The SMILES string of the molecule is CCCn1cc(N)cc1C(=O)N1CCC(C(=O)NC)CC1. The van der Waals surface area contributed by atoms with Crippen LogP contribution >= 0.6 is 0 Å². The van der Waals surface area contributed by atoms with Gasteiger partial charge in [-0.25, -0.2) is 0 Å². The van der Waals surface area contributed by atoms with Crippen molar-refractivity contribution in [2.75, 3.05) is 25.9 Å². The van der Waals surface area contributed by atoms with Gasteiger partial charge >= 0.3 is 0 Å². The maximum atomic E-state index is 12.6. The molecule has 0 bridgehead atoms. The molecule has 1 aromatic heterocycles. The molecule has 116 valence electrons. The first-order chi connectivity index (χ1) is 10.1. The summed E-state index contributed by atoms with van der Waals surface area (Å²) in [5.74, 6) is 0.0998. The van der Waals surface area contributed by atoms with Crippen LogP contribution in [0, 0.1) is 5.92 Å². The fraction of sp³-hybridized carbons (Fsp3) is 0.600. The summed E-state index contributed by atoms with van der Waals surface area (Å²) in [5.41, 5.74) is 7.08. The van der Waals surface area contributed by atoms with Crippen LogP contribution in [0.1, 0.15) is 36.7 Å². The summed E-state index contributed by atoms with van der Waals surface area (Å²) in [4.78, 5) is 26.0. The van der Waals surface area contributed by atoms with E-state index in [-0.39, 0.29) is 17.7 Å². The smallest absolute Gasteiger partial charge is 0.270 e. The molecule has 0 aliphatic carbocycles. The first-order valence-corrected chi connectivity index (χ1v) is 7.53. The number of piperidine rings is 1. The van der Waals surface area contributed by atoms with Crippen molar-refractivity contribution >= 4 is 17.5 Å². The van der Waals surface area contributed by atoms with E-state index in [4.69, 9.17) is 5.73 Å². The standard InChI is InChI=1S/C15H24N4O2/c1-3-6-19-10-12(16)9-13(19)15(21)18-7-4-11(5-8-18)14(20)17-2/h9-11H,3-8,16H2,1-2H3,(H,17,20). The number of nitrogens with zero attached hydrogens (tertiary/aromatic N) is 2. The van der Waals surface area contributed by atoms with Crippen molar-refractivity contribution < 1.29 is 9.59 Å². The Balaban J connectivity index is 2.03. The summed E-state index contributed by atoms with van der Waals surface area (Å²) in [7, 11) is 1.65. The molecule has 0 atom stereocenters. The van der Waals surface area contributed by atoms with E-state index in [1.165, 1.54) is 0 Å². The molecule has 2 rings (SSSR count). The van der Waals surface area contributed by atoms with Gasteiger partial charge in [0.25, 0.3) is 5.91 Å². The van der Waals surface area contributed by atoms with Crippen molar-refractivity contribution in [2.24, 2.45) is 5.92 Å². The second kappa shape index (κ2) is 6.65. The lowest BCUT2D eigenvalue weighted by Gasteiger charge is -2.31. The molecule has 21 heavy (non-hydrogen) atoms. The zero-order chi connectivity index (χ0) is 15.4. The maximum absolute atomic E-state index is 12.6. The normalized spacial score (nSPS) is 16.0. The molecule has 1 fully saturated rings. The van der Waals surface area contributed by atoms with Gasteiger partial charge in [0, 0.05) is 38.8 Å².